The maximum Gasteiger partial charge on any atom is 0.326 e. The van der Waals surface area contributed by atoms with Gasteiger partial charge in [0.2, 0.25) is 15.9 Å². The lowest BCUT2D eigenvalue weighted by molar-refractivity contribution is -0.142. The Labute approximate surface area is 252 Å². The molecule has 0 bridgehead atoms. The first kappa shape index (κ1) is 31.9. The second-order valence-electron chi connectivity index (χ2n) is 10.8. The molecule has 42 heavy (non-hydrogen) atoms. The van der Waals surface area contributed by atoms with Crippen LogP contribution >= 0.6 is 11.8 Å². The molecular formula is C31H39N3O6S2. The minimum absolute atomic E-state index is 0.0336. The highest BCUT2D eigenvalue weighted by Crippen LogP contribution is 2.28. The molecule has 2 atom stereocenters. The zero-order chi connectivity index (χ0) is 30.0. The Morgan fingerprint density at radius 2 is 1.74 bits per heavy atom. The lowest BCUT2D eigenvalue weighted by Crippen LogP contribution is -2.52. The second-order valence-corrected chi connectivity index (χ2v) is 13.7. The fourth-order valence-electron chi connectivity index (χ4n) is 5.20. The maximum atomic E-state index is 13.1. The number of thioether (sulfide) groups is 1. The Morgan fingerprint density at radius 1 is 1.00 bits per heavy atom. The number of hydrogen-bond donors (Lipinski definition) is 2. The van der Waals surface area contributed by atoms with Crippen molar-refractivity contribution >= 4 is 45.2 Å². The number of nitrogens with one attached hydrogen (secondary N) is 1. The van der Waals surface area contributed by atoms with Crippen LogP contribution in [0.4, 0.5) is 0 Å². The Morgan fingerprint density at radius 3 is 2.43 bits per heavy atom. The average Bonchev–Trinajstić information content (AvgIpc) is 3.50. The number of carboxylic acids is 1. The number of carbonyl (C=O) groups excluding carboxylic acids is 2. The summed E-state index contributed by atoms with van der Waals surface area (Å²) in [6.45, 7) is 0.957. The number of carboxylic acid groups (broad SMARTS) is 1. The van der Waals surface area contributed by atoms with Crippen LogP contribution in [-0.4, -0.2) is 71.5 Å². The maximum absolute atomic E-state index is 13.1. The summed E-state index contributed by atoms with van der Waals surface area (Å²) in [5.74, 6) is -1.31. The Kier molecular flexibility index (Phi) is 11.7. The summed E-state index contributed by atoms with van der Waals surface area (Å²) in [7, 11) is -3.90. The number of ketones is 1. The number of sulfonamides is 1. The van der Waals surface area contributed by atoms with Gasteiger partial charge in [0.15, 0.2) is 0 Å². The van der Waals surface area contributed by atoms with Crippen molar-refractivity contribution in [2.75, 3.05) is 18.2 Å². The van der Waals surface area contributed by atoms with Crippen LogP contribution in [-0.2, 0) is 37.2 Å². The summed E-state index contributed by atoms with van der Waals surface area (Å²) in [5.41, 5.74) is 2.88. The molecule has 226 valence electrons. The van der Waals surface area contributed by atoms with Gasteiger partial charge in [-0.15, -0.1) is 11.8 Å². The van der Waals surface area contributed by atoms with Gasteiger partial charge in [0.1, 0.15) is 17.9 Å². The van der Waals surface area contributed by atoms with E-state index in [9.17, 15) is 27.9 Å². The standard InChI is InChI=1S/C31H39N3O6S2/c35-26(11-4-1-3-9-25-10-7-8-18-32-25)19-23-14-16-24(17-15-23)20-28(31(37)38)33-30(36)29-21-41-22-34(29)42(39,40)27-12-5-2-6-13-27/h2,5-6,12-17,28-29H,1,3-4,7-11,18-22H2,(H,33,36)(H,37,38)/t28?,29-/m0/s1. The van der Waals surface area contributed by atoms with E-state index in [0.29, 0.717) is 18.4 Å². The molecule has 1 saturated heterocycles. The number of nitrogens with zero attached hydrogens (tertiary/aromatic N) is 2. The smallest absolute Gasteiger partial charge is 0.326 e. The van der Waals surface area contributed by atoms with Gasteiger partial charge in [-0.1, -0.05) is 48.9 Å². The number of aliphatic imine (C=N–C) groups is 1. The number of Topliss-reactive ketones (excluding diaryl/α,β-unsaturated/α-hetero) is 1. The fraction of sp³-hybridized carbons (Fsp3) is 0.484. The van der Waals surface area contributed by atoms with Crippen molar-refractivity contribution in [3.63, 3.8) is 0 Å². The summed E-state index contributed by atoms with van der Waals surface area (Å²) in [6, 6.07) is 12.8. The summed E-state index contributed by atoms with van der Waals surface area (Å²) >= 11 is 1.31. The molecule has 11 heteroatoms. The molecule has 1 fully saturated rings. The van der Waals surface area contributed by atoms with Crippen molar-refractivity contribution in [3.8, 4) is 0 Å². The van der Waals surface area contributed by atoms with Crippen LogP contribution in [0.15, 0.2) is 64.5 Å². The first-order chi connectivity index (χ1) is 20.2. The van der Waals surface area contributed by atoms with E-state index in [1.165, 1.54) is 42.4 Å². The van der Waals surface area contributed by atoms with Crippen LogP contribution in [0.2, 0.25) is 0 Å². The third-order valence-electron chi connectivity index (χ3n) is 7.60. The van der Waals surface area contributed by atoms with Gasteiger partial charge in [-0.05, 0) is 61.8 Å². The molecule has 0 spiro atoms. The normalized spacial score (nSPS) is 18.3. The van der Waals surface area contributed by atoms with E-state index < -0.39 is 34.0 Å². The minimum atomic E-state index is -3.90. The molecule has 2 heterocycles. The number of amides is 1. The number of aliphatic carboxylic acids is 1. The lowest BCUT2D eigenvalue weighted by atomic mass is 9.99. The zero-order valence-corrected chi connectivity index (χ0v) is 25.4. The highest BCUT2D eigenvalue weighted by atomic mass is 32.2. The first-order valence-corrected chi connectivity index (χ1v) is 17.1. The molecule has 2 aromatic carbocycles. The molecule has 0 aromatic heterocycles. The largest absolute Gasteiger partial charge is 0.480 e. The Hall–Kier alpha value is -3.02. The van der Waals surface area contributed by atoms with E-state index in [1.54, 1.807) is 30.3 Å². The van der Waals surface area contributed by atoms with Crippen LogP contribution in [0.1, 0.15) is 62.5 Å². The van der Waals surface area contributed by atoms with Crippen LogP contribution in [0, 0.1) is 0 Å². The summed E-state index contributed by atoms with van der Waals surface area (Å²) in [4.78, 5) is 42.2. The number of unbranched alkanes of at least 4 members (excludes halogenated alkanes) is 2. The monoisotopic (exact) mass is 613 g/mol. The highest BCUT2D eigenvalue weighted by Gasteiger charge is 2.41. The van der Waals surface area contributed by atoms with E-state index >= 15 is 0 Å². The average molecular weight is 614 g/mol. The van der Waals surface area contributed by atoms with Crippen molar-refractivity contribution in [1.29, 1.82) is 0 Å². The molecule has 9 nitrogen and oxygen atoms in total. The van der Waals surface area contributed by atoms with Gasteiger partial charge in [0, 0.05) is 37.3 Å². The van der Waals surface area contributed by atoms with Crippen molar-refractivity contribution < 1.29 is 27.9 Å². The topological polar surface area (TPSA) is 133 Å². The van der Waals surface area contributed by atoms with E-state index in [-0.39, 0.29) is 28.7 Å². The van der Waals surface area contributed by atoms with Crippen molar-refractivity contribution in [2.24, 2.45) is 4.99 Å². The van der Waals surface area contributed by atoms with Crippen LogP contribution < -0.4 is 5.32 Å². The molecule has 0 aliphatic carbocycles. The molecule has 4 rings (SSSR count). The van der Waals surface area contributed by atoms with Crippen molar-refractivity contribution in [1.82, 2.24) is 9.62 Å². The van der Waals surface area contributed by atoms with E-state index in [1.807, 2.05) is 12.1 Å². The lowest BCUT2D eigenvalue weighted by Gasteiger charge is -2.24. The van der Waals surface area contributed by atoms with Crippen molar-refractivity contribution in [3.05, 3.63) is 65.7 Å². The van der Waals surface area contributed by atoms with Crippen LogP contribution in [0.3, 0.4) is 0 Å². The molecule has 0 radical (unpaired) electrons. The molecule has 0 saturated carbocycles. The highest BCUT2D eigenvalue weighted by molar-refractivity contribution is 8.00. The molecule has 1 amide bonds. The van der Waals surface area contributed by atoms with Gasteiger partial charge in [-0.3, -0.25) is 14.6 Å². The minimum Gasteiger partial charge on any atom is -0.480 e. The number of benzene rings is 2. The van der Waals surface area contributed by atoms with E-state index in [4.69, 9.17) is 0 Å². The number of rotatable bonds is 15. The predicted octanol–water partition coefficient (Wildman–Crippen LogP) is 4.25. The predicted molar refractivity (Wildman–Crippen MR) is 164 cm³/mol. The number of carbonyl (C=O) groups is 3. The SMILES string of the molecule is O=C(CCCCCC1=NCCCC1)Cc1ccc(CC(NC(=O)[C@@H]2CSCN2S(=O)(=O)c2ccccc2)C(=O)O)cc1. The van der Waals surface area contributed by atoms with E-state index in [2.05, 4.69) is 10.3 Å². The third kappa shape index (κ3) is 8.99. The van der Waals surface area contributed by atoms with Gasteiger partial charge < -0.3 is 10.4 Å². The molecule has 2 aliphatic heterocycles. The fourth-order valence-corrected chi connectivity index (χ4v) is 8.37. The molecule has 2 aliphatic rings. The van der Waals surface area contributed by atoms with Gasteiger partial charge in [-0.2, -0.15) is 4.31 Å². The molecule has 2 N–H and O–H groups in total. The number of hydrogen-bond acceptors (Lipinski definition) is 7. The summed E-state index contributed by atoms with van der Waals surface area (Å²) in [6.07, 6.45) is 8.45. The van der Waals surface area contributed by atoms with Gasteiger partial charge in [-0.25, -0.2) is 13.2 Å². The van der Waals surface area contributed by atoms with Crippen molar-refractivity contribution in [2.45, 2.75) is 81.2 Å². The first-order valence-electron chi connectivity index (χ1n) is 14.5. The Bertz CT molecular complexity index is 1360. The van der Waals surface area contributed by atoms with E-state index in [0.717, 1.165) is 48.5 Å². The molecule has 2 aromatic rings. The zero-order valence-electron chi connectivity index (χ0n) is 23.7. The second kappa shape index (κ2) is 15.5. The van der Waals surface area contributed by atoms with Gasteiger partial charge in [0.25, 0.3) is 0 Å². The Balaban J connectivity index is 1.25. The quantitative estimate of drug-likeness (QED) is 0.287. The van der Waals surface area contributed by atoms with Gasteiger partial charge in [0.05, 0.1) is 10.8 Å². The van der Waals surface area contributed by atoms with Crippen LogP contribution in [0.25, 0.3) is 0 Å². The molecular weight excluding hydrogens is 574 g/mol. The summed E-state index contributed by atoms with van der Waals surface area (Å²) in [5, 5.41) is 12.3. The van der Waals surface area contributed by atoms with Gasteiger partial charge >= 0.3 is 5.97 Å². The molecule has 1 unspecified atom stereocenters. The van der Waals surface area contributed by atoms with Crippen LogP contribution in [0.5, 0.6) is 0 Å². The summed E-state index contributed by atoms with van der Waals surface area (Å²) < 4.78 is 27.3. The third-order valence-corrected chi connectivity index (χ3v) is 10.6.